The van der Waals surface area contributed by atoms with E-state index in [0.29, 0.717) is 13.2 Å². The maximum Gasteiger partial charge on any atom is 0.140 e. The molecule has 1 saturated heterocycles. The molecular weight excluding hydrogens is 284 g/mol. The van der Waals surface area contributed by atoms with Gasteiger partial charge in [-0.15, -0.1) is 0 Å². The van der Waals surface area contributed by atoms with Crippen LogP contribution in [0.15, 0.2) is 16.7 Å². The van der Waals surface area contributed by atoms with Gasteiger partial charge >= 0.3 is 0 Å². The second-order valence-electron chi connectivity index (χ2n) is 4.33. The van der Waals surface area contributed by atoms with Crippen molar-refractivity contribution in [3.05, 3.63) is 22.3 Å². The molecule has 94 valence electrons. The van der Waals surface area contributed by atoms with Crippen LogP contribution in [0.3, 0.4) is 0 Å². The summed E-state index contributed by atoms with van der Waals surface area (Å²) in [5.74, 6) is 0.855. The van der Waals surface area contributed by atoms with Gasteiger partial charge in [0.25, 0.3) is 0 Å². The number of methoxy groups -OCH3 is 1. The van der Waals surface area contributed by atoms with Crippen molar-refractivity contribution in [3.8, 4) is 0 Å². The van der Waals surface area contributed by atoms with Gasteiger partial charge in [0.15, 0.2) is 0 Å². The van der Waals surface area contributed by atoms with Crippen LogP contribution in [-0.2, 0) is 9.47 Å². The summed E-state index contributed by atoms with van der Waals surface area (Å²) in [6.45, 7) is 4.15. The average Bonchev–Trinajstić information content (AvgIpc) is 2.81. The van der Waals surface area contributed by atoms with Crippen LogP contribution in [0, 0.1) is 6.92 Å². The van der Waals surface area contributed by atoms with Gasteiger partial charge in [0, 0.05) is 32.9 Å². The summed E-state index contributed by atoms with van der Waals surface area (Å²) < 4.78 is 12.0. The third kappa shape index (κ3) is 2.78. The summed E-state index contributed by atoms with van der Waals surface area (Å²) in [7, 11) is 1.73. The molecule has 0 saturated carbocycles. The Labute approximate surface area is 110 Å². The summed E-state index contributed by atoms with van der Waals surface area (Å²) in [6.07, 6.45) is 2.72. The predicted molar refractivity (Wildman–Crippen MR) is 70.3 cm³/mol. The lowest BCUT2D eigenvalue weighted by Gasteiger charge is -2.26. The van der Waals surface area contributed by atoms with E-state index in [2.05, 4.69) is 26.2 Å². The molecule has 0 bridgehead atoms. The van der Waals surface area contributed by atoms with Crippen LogP contribution in [0.4, 0.5) is 5.82 Å². The highest BCUT2D eigenvalue weighted by Gasteiger charge is 2.34. The molecule has 0 spiro atoms. The Morgan fingerprint density at radius 2 is 2.47 bits per heavy atom. The molecule has 0 amide bonds. The van der Waals surface area contributed by atoms with Crippen molar-refractivity contribution in [2.75, 3.05) is 32.2 Å². The van der Waals surface area contributed by atoms with E-state index in [4.69, 9.17) is 9.47 Å². The van der Waals surface area contributed by atoms with Crippen molar-refractivity contribution >= 4 is 21.7 Å². The highest BCUT2D eigenvalue weighted by atomic mass is 79.9. The highest BCUT2D eigenvalue weighted by Crippen LogP contribution is 2.26. The van der Waals surface area contributed by atoms with Crippen molar-refractivity contribution in [1.29, 1.82) is 0 Å². The quantitative estimate of drug-likeness (QED) is 0.927. The molecule has 1 aromatic rings. The monoisotopic (exact) mass is 300 g/mol. The van der Waals surface area contributed by atoms with Gasteiger partial charge < -0.3 is 14.8 Å². The number of anilines is 1. The third-order valence-electron chi connectivity index (χ3n) is 3.16. The van der Waals surface area contributed by atoms with Crippen LogP contribution >= 0.6 is 15.9 Å². The first-order chi connectivity index (χ1) is 8.17. The van der Waals surface area contributed by atoms with Crippen LogP contribution in [0.25, 0.3) is 0 Å². The molecule has 2 heterocycles. The van der Waals surface area contributed by atoms with E-state index in [-0.39, 0.29) is 5.60 Å². The molecular formula is C12H17BrN2O2. The van der Waals surface area contributed by atoms with E-state index >= 15 is 0 Å². The minimum Gasteiger partial charge on any atom is -0.378 e. The SMILES string of the molecule is COC1(CNc2nccc(C)c2Br)CCOC1. The number of hydrogen-bond acceptors (Lipinski definition) is 4. The Kier molecular flexibility index (Phi) is 4.01. The molecule has 17 heavy (non-hydrogen) atoms. The predicted octanol–water partition coefficient (Wildman–Crippen LogP) is 2.37. The molecule has 1 atom stereocenters. The number of aryl methyl sites for hydroxylation is 1. The van der Waals surface area contributed by atoms with Gasteiger partial charge in [-0.1, -0.05) is 0 Å². The molecule has 5 heteroatoms. The van der Waals surface area contributed by atoms with Crippen LogP contribution in [-0.4, -0.2) is 37.5 Å². The van der Waals surface area contributed by atoms with Gasteiger partial charge in [-0.25, -0.2) is 4.98 Å². The number of hydrogen-bond donors (Lipinski definition) is 1. The average molecular weight is 301 g/mol. The van der Waals surface area contributed by atoms with E-state index < -0.39 is 0 Å². The van der Waals surface area contributed by atoms with E-state index in [9.17, 15) is 0 Å². The Balaban J connectivity index is 2.04. The topological polar surface area (TPSA) is 43.4 Å². The second kappa shape index (κ2) is 5.33. The van der Waals surface area contributed by atoms with Crippen molar-refractivity contribution in [2.45, 2.75) is 18.9 Å². The molecule has 4 nitrogen and oxygen atoms in total. The molecule has 1 fully saturated rings. The molecule has 0 aromatic carbocycles. The van der Waals surface area contributed by atoms with Gasteiger partial charge in [0.2, 0.25) is 0 Å². The third-order valence-corrected chi connectivity index (χ3v) is 4.16. The number of pyridine rings is 1. The molecule has 2 rings (SSSR count). The van der Waals surface area contributed by atoms with E-state index in [1.54, 1.807) is 13.3 Å². The summed E-state index contributed by atoms with van der Waals surface area (Å²) >= 11 is 3.53. The van der Waals surface area contributed by atoms with Crippen molar-refractivity contribution in [1.82, 2.24) is 4.98 Å². The fourth-order valence-electron chi connectivity index (χ4n) is 1.87. The first kappa shape index (κ1) is 12.8. The fraction of sp³-hybridized carbons (Fsp3) is 0.583. The fourth-order valence-corrected chi connectivity index (χ4v) is 2.24. The minimum absolute atomic E-state index is 0.217. The Hall–Kier alpha value is -0.650. The van der Waals surface area contributed by atoms with Crippen LogP contribution in [0.5, 0.6) is 0 Å². The van der Waals surface area contributed by atoms with Gasteiger partial charge in [-0.05, 0) is 34.5 Å². The smallest absolute Gasteiger partial charge is 0.140 e. The normalized spacial score (nSPS) is 23.9. The number of nitrogens with zero attached hydrogens (tertiary/aromatic N) is 1. The molecule has 1 N–H and O–H groups in total. The zero-order chi connectivity index (χ0) is 12.3. The molecule has 0 radical (unpaired) electrons. The summed E-state index contributed by atoms with van der Waals surface area (Å²) in [5.41, 5.74) is 0.946. The number of nitrogens with one attached hydrogen (secondary N) is 1. The molecule has 0 aliphatic carbocycles. The lowest BCUT2D eigenvalue weighted by molar-refractivity contribution is -0.00626. The minimum atomic E-state index is -0.217. The standard InChI is InChI=1S/C12H17BrN2O2/c1-9-3-5-14-11(10(9)13)15-7-12(16-2)4-6-17-8-12/h3,5H,4,6-8H2,1-2H3,(H,14,15). The molecule has 1 aliphatic rings. The van der Waals surface area contributed by atoms with Crippen molar-refractivity contribution < 1.29 is 9.47 Å². The van der Waals surface area contributed by atoms with E-state index in [1.807, 2.05) is 13.0 Å². The Bertz CT molecular complexity index is 392. The number of ether oxygens (including phenoxy) is 2. The van der Waals surface area contributed by atoms with Gasteiger partial charge in [0.1, 0.15) is 11.4 Å². The van der Waals surface area contributed by atoms with Crippen molar-refractivity contribution in [2.24, 2.45) is 0 Å². The second-order valence-corrected chi connectivity index (χ2v) is 5.13. The number of halogens is 1. The number of aromatic nitrogens is 1. The summed E-state index contributed by atoms with van der Waals surface area (Å²) in [4.78, 5) is 4.31. The zero-order valence-corrected chi connectivity index (χ0v) is 11.7. The molecule has 1 unspecified atom stereocenters. The molecule has 1 aliphatic heterocycles. The lowest BCUT2D eigenvalue weighted by atomic mass is 10.0. The van der Waals surface area contributed by atoms with E-state index in [1.165, 1.54) is 0 Å². The van der Waals surface area contributed by atoms with E-state index in [0.717, 1.165) is 28.9 Å². The number of rotatable bonds is 4. The Morgan fingerprint density at radius 3 is 3.12 bits per heavy atom. The van der Waals surface area contributed by atoms with Crippen LogP contribution in [0.2, 0.25) is 0 Å². The Morgan fingerprint density at radius 1 is 1.65 bits per heavy atom. The lowest BCUT2D eigenvalue weighted by Crippen LogP contribution is -2.39. The van der Waals surface area contributed by atoms with Crippen LogP contribution in [0.1, 0.15) is 12.0 Å². The van der Waals surface area contributed by atoms with Crippen molar-refractivity contribution in [3.63, 3.8) is 0 Å². The summed E-state index contributed by atoms with van der Waals surface area (Å²) in [6, 6.07) is 1.97. The maximum absolute atomic E-state index is 5.56. The van der Waals surface area contributed by atoms with Crippen LogP contribution < -0.4 is 5.32 Å². The zero-order valence-electron chi connectivity index (χ0n) is 10.1. The molecule has 1 aromatic heterocycles. The highest BCUT2D eigenvalue weighted by molar-refractivity contribution is 9.10. The largest absolute Gasteiger partial charge is 0.378 e. The first-order valence-electron chi connectivity index (χ1n) is 5.65. The first-order valence-corrected chi connectivity index (χ1v) is 6.44. The van der Waals surface area contributed by atoms with Gasteiger partial charge in [-0.3, -0.25) is 0 Å². The van der Waals surface area contributed by atoms with Gasteiger partial charge in [0.05, 0.1) is 11.1 Å². The van der Waals surface area contributed by atoms with Gasteiger partial charge in [-0.2, -0.15) is 0 Å². The summed E-state index contributed by atoms with van der Waals surface area (Å²) in [5, 5.41) is 3.32. The maximum atomic E-state index is 5.56.